The molecule has 4 rings (SSSR count). The van der Waals surface area contributed by atoms with E-state index in [0.29, 0.717) is 11.6 Å². The van der Waals surface area contributed by atoms with Gasteiger partial charge < -0.3 is 4.98 Å². The zero-order valence-electron chi connectivity index (χ0n) is 18.3. The van der Waals surface area contributed by atoms with E-state index in [1.54, 1.807) is 13.0 Å². The zero-order valence-corrected chi connectivity index (χ0v) is 18.3. The van der Waals surface area contributed by atoms with Crippen LogP contribution in [0, 0.1) is 11.3 Å². The number of piperidine rings is 1. The van der Waals surface area contributed by atoms with Gasteiger partial charge in [0.2, 0.25) is 0 Å². The molecule has 1 N–H and O–H groups in total. The first-order valence-electron chi connectivity index (χ1n) is 10.9. The van der Waals surface area contributed by atoms with Crippen LogP contribution in [0.4, 0.5) is 0 Å². The fraction of sp³-hybridized carbons (Fsp3) is 0.296. The smallest absolute Gasteiger partial charge is 0.138 e. The maximum Gasteiger partial charge on any atom is 0.138 e. The number of pyridine rings is 1. The highest BCUT2D eigenvalue weighted by molar-refractivity contribution is 5.94. The van der Waals surface area contributed by atoms with Gasteiger partial charge in [0.1, 0.15) is 5.65 Å². The molecule has 0 radical (unpaired) electrons. The number of aromatic nitrogens is 2. The van der Waals surface area contributed by atoms with Crippen molar-refractivity contribution in [2.45, 2.75) is 39.2 Å². The molecule has 0 bridgehead atoms. The molecule has 0 aliphatic carbocycles. The van der Waals surface area contributed by atoms with Crippen LogP contribution in [0.3, 0.4) is 0 Å². The second kappa shape index (κ2) is 9.18. The molecule has 1 unspecified atom stereocenters. The highest BCUT2D eigenvalue weighted by atomic mass is 15.2. The van der Waals surface area contributed by atoms with Crippen LogP contribution >= 0.6 is 0 Å². The van der Waals surface area contributed by atoms with Crippen LogP contribution in [0.25, 0.3) is 34.3 Å². The summed E-state index contributed by atoms with van der Waals surface area (Å²) in [7, 11) is 0. The average Bonchev–Trinajstić information content (AvgIpc) is 3.15. The molecule has 1 aliphatic rings. The fourth-order valence-electron chi connectivity index (χ4n) is 4.53. The van der Waals surface area contributed by atoms with Crippen molar-refractivity contribution in [2.24, 2.45) is 0 Å². The number of hydrogen-bond donors (Lipinski definition) is 1. The molecule has 2 aromatic heterocycles. The summed E-state index contributed by atoms with van der Waals surface area (Å²) in [4.78, 5) is 10.5. The molecule has 3 heterocycles. The number of rotatable bonds is 5. The van der Waals surface area contributed by atoms with Crippen molar-refractivity contribution in [1.82, 2.24) is 14.9 Å². The maximum atomic E-state index is 9.24. The lowest BCUT2D eigenvalue weighted by Crippen LogP contribution is -2.33. The minimum atomic E-state index is 0.525. The van der Waals surface area contributed by atoms with Crippen LogP contribution in [0.15, 0.2) is 54.4 Å². The third-order valence-corrected chi connectivity index (χ3v) is 6.15. The summed E-state index contributed by atoms with van der Waals surface area (Å²) < 4.78 is 0. The lowest BCUT2D eigenvalue weighted by Gasteiger charge is -2.35. The number of benzene rings is 1. The van der Waals surface area contributed by atoms with Crippen molar-refractivity contribution in [2.75, 3.05) is 13.1 Å². The number of aromatic amines is 1. The number of allylic oxidation sites excluding steroid dienone is 1. The van der Waals surface area contributed by atoms with Crippen LogP contribution in [-0.4, -0.2) is 28.0 Å². The minimum absolute atomic E-state index is 0.525. The number of hydrogen-bond acceptors (Lipinski definition) is 3. The van der Waals surface area contributed by atoms with Gasteiger partial charge in [-0.25, -0.2) is 4.98 Å². The van der Waals surface area contributed by atoms with E-state index in [2.05, 4.69) is 70.5 Å². The molecule has 1 aliphatic heterocycles. The molecule has 4 heteroatoms. The van der Waals surface area contributed by atoms with Gasteiger partial charge in [-0.1, -0.05) is 44.2 Å². The first-order chi connectivity index (χ1) is 15.1. The van der Waals surface area contributed by atoms with E-state index in [0.717, 1.165) is 40.0 Å². The second-order valence-corrected chi connectivity index (χ2v) is 8.12. The van der Waals surface area contributed by atoms with Gasteiger partial charge in [0.05, 0.1) is 11.8 Å². The van der Waals surface area contributed by atoms with Crippen LogP contribution in [0.5, 0.6) is 0 Å². The summed E-state index contributed by atoms with van der Waals surface area (Å²) >= 11 is 0. The van der Waals surface area contributed by atoms with Crippen molar-refractivity contribution < 1.29 is 0 Å². The zero-order chi connectivity index (χ0) is 21.8. The summed E-state index contributed by atoms with van der Waals surface area (Å²) in [5.41, 5.74) is 9.65. The number of H-pyrrole nitrogens is 1. The molecular formula is C27H28N4. The van der Waals surface area contributed by atoms with Crippen LogP contribution in [0.2, 0.25) is 0 Å². The van der Waals surface area contributed by atoms with Gasteiger partial charge in [0, 0.05) is 40.4 Å². The molecular weight excluding hydrogens is 380 g/mol. The Hall–Kier alpha value is -3.38. The van der Waals surface area contributed by atoms with Crippen LogP contribution in [0.1, 0.15) is 56.0 Å². The highest BCUT2D eigenvalue weighted by Crippen LogP contribution is 2.33. The second-order valence-electron chi connectivity index (χ2n) is 8.12. The predicted molar refractivity (Wildman–Crippen MR) is 128 cm³/mol. The molecule has 31 heavy (non-hydrogen) atoms. The van der Waals surface area contributed by atoms with Gasteiger partial charge in [-0.2, -0.15) is 5.26 Å². The molecule has 4 nitrogen and oxygen atoms in total. The molecule has 156 valence electrons. The Kier molecular flexibility index (Phi) is 6.18. The van der Waals surface area contributed by atoms with E-state index in [4.69, 9.17) is 0 Å². The van der Waals surface area contributed by atoms with E-state index < -0.39 is 0 Å². The minimum Gasteiger partial charge on any atom is -0.339 e. The third-order valence-electron chi connectivity index (χ3n) is 6.15. The summed E-state index contributed by atoms with van der Waals surface area (Å²) in [6, 6.07) is 13.8. The Labute approximate surface area is 184 Å². The molecule has 3 aromatic rings. The number of nitrogens with one attached hydrogen (secondary N) is 1. The Morgan fingerprint density at radius 3 is 2.81 bits per heavy atom. The molecule has 1 aromatic carbocycles. The average molecular weight is 409 g/mol. The summed E-state index contributed by atoms with van der Waals surface area (Å²) in [6.45, 7) is 10.0. The highest BCUT2D eigenvalue weighted by Gasteiger charge is 2.22. The van der Waals surface area contributed by atoms with E-state index in [-0.39, 0.29) is 0 Å². The van der Waals surface area contributed by atoms with Crippen molar-refractivity contribution in [3.05, 3.63) is 71.2 Å². The summed E-state index contributed by atoms with van der Waals surface area (Å²) in [6.07, 6.45) is 9.42. The molecule has 0 amide bonds. The van der Waals surface area contributed by atoms with Crippen molar-refractivity contribution >= 4 is 23.2 Å². The Morgan fingerprint density at radius 1 is 1.29 bits per heavy atom. The van der Waals surface area contributed by atoms with Gasteiger partial charge in [-0.3, -0.25) is 4.90 Å². The largest absolute Gasteiger partial charge is 0.339 e. The molecule has 0 spiro atoms. The Bertz CT molecular complexity index is 1200. The monoisotopic (exact) mass is 408 g/mol. The van der Waals surface area contributed by atoms with E-state index in [1.807, 2.05) is 12.3 Å². The number of nitrogens with zero attached hydrogens (tertiary/aromatic N) is 3. The third kappa shape index (κ3) is 4.25. The van der Waals surface area contributed by atoms with Crippen LogP contribution < -0.4 is 0 Å². The van der Waals surface area contributed by atoms with Gasteiger partial charge in [0.15, 0.2) is 0 Å². The topological polar surface area (TPSA) is 55.7 Å². The molecule has 1 saturated heterocycles. The molecule has 1 fully saturated rings. The lowest BCUT2D eigenvalue weighted by atomic mass is 9.93. The van der Waals surface area contributed by atoms with Gasteiger partial charge >= 0.3 is 0 Å². The van der Waals surface area contributed by atoms with E-state index in [1.165, 1.54) is 31.4 Å². The number of nitriles is 1. The number of likely N-dealkylation sites (tertiary alicyclic amines) is 1. The SMILES string of the molecule is C=C=Cc1[nH]c2ncc(-c3ccc(C4CCCCN4CC)cc3)cc2c1/C=C(\C)C#N. The van der Waals surface area contributed by atoms with Crippen LogP contribution in [-0.2, 0) is 0 Å². The van der Waals surface area contributed by atoms with E-state index >= 15 is 0 Å². The maximum absolute atomic E-state index is 9.24. The van der Waals surface area contributed by atoms with Gasteiger partial charge in [0.25, 0.3) is 0 Å². The first kappa shape index (κ1) is 20.9. The number of fused-ring (bicyclic) bond motifs is 1. The normalized spacial score (nSPS) is 17.3. The van der Waals surface area contributed by atoms with Crippen molar-refractivity contribution in [3.63, 3.8) is 0 Å². The molecule has 0 saturated carbocycles. The molecule has 1 atom stereocenters. The quantitative estimate of drug-likeness (QED) is 0.387. The standard InChI is InChI=1S/C27H28N4/c1-4-8-25-23(15-19(3)17-28)24-16-22(18-29-27(24)30-25)20-10-12-21(13-11-20)26-9-6-7-14-31(26)5-2/h8,10-13,15-16,18,26H,1,5-7,9,14H2,2-3H3,(H,29,30)/b19-15+. The Balaban J connectivity index is 1.72. The summed E-state index contributed by atoms with van der Waals surface area (Å²) in [5, 5.41) is 10.2. The van der Waals surface area contributed by atoms with Gasteiger partial charge in [-0.05, 0) is 56.1 Å². The summed E-state index contributed by atoms with van der Waals surface area (Å²) in [5.74, 6) is 0. The fourth-order valence-corrected chi connectivity index (χ4v) is 4.53. The first-order valence-corrected chi connectivity index (χ1v) is 10.9. The lowest BCUT2D eigenvalue weighted by molar-refractivity contribution is 0.157. The predicted octanol–water partition coefficient (Wildman–Crippen LogP) is 6.50. The van der Waals surface area contributed by atoms with E-state index in [9.17, 15) is 5.26 Å². The van der Waals surface area contributed by atoms with Gasteiger partial charge in [-0.15, -0.1) is 5.73 Å². The Morgan fingerprint density at radius 2 is 2.10 bits per heavy atom. The van der Waals surface area contributed by atoms with Crippen molar-refractivity contribution in [1.29, 1.82) is 5.26 Å². The van der Waals surface area contributed by atoms with Crippen molar-refractivity contribution in [3.8, 4) is 17.2 Å².